The third-order valence-electron chi connectivity index (χ3n) is 12.1. The monoisotopic (exact) mass is 757 g/mol. The van der Waals surface area contributed by atoms with E-state index in [9.17, 15) is 0 Å². The maximum Gasteiger partial charge on any atom is 0.133 e. The minimum Gasteiger partial charge on any atom is -0.457 e. The van der Waals surface area contributed by atoms with E-state index < -0.39 is 14.2 Å². The molecular weight excluding hydrogens is 719 g/mol. The third kappa shape index (κ3) is 5.47. The van der Waals surface area contributed by atoms with E-state index in [0.717, 1.165) is 28.6 Å². The van der Waals surface area contributed by atoms with E-state index in [4.69, 9.17) is 4.74 Å². The van der Waals surface area contributed by atoms with Crippen LogP contribution in [0.15, 0.2) is 231 Å². The fourth-order valence-electron chi connectivity index (χ4n) is 9.56. The molecule has 0 radical (unpaired) electrons. The third-order valence-corrected chi connectivity index (χ3v) is 15.4. The molecule has 9 aromatic carbocycles. The highest BCUT2D eigenvalue weighted by Gasteiger charge is 2.51. The number of benzene rings is 9. The highest BCUT2D eigenvalue weighted by atomic mass is 28.3. The second-order valence-corrected chi connectivity index (χ2v) is 18.0. The van der Waals surface area contributed by atoms with Gasteiger partial charge in [0, 0.05) is 28.2 Å². The summed E-state index contributed by atoms with van der Waals surface area (Å²) in [6.45, 7) is 0. The van der Waals surface area contributed by atoms with Crippen LogP contribution < -0.4 is 25.2 Å². The molecule has 0 aromatic heterocycles. The lowest BCUT2D eigenvalue weighted by Crippen LogP contribution is -2.62. The first-order valence-corrected chi connectivity index (χ1v) is 21.8. The molecule has 1 atom stereocenters. The standard InChI is InChI=1S/C55H39NOSi/c1-4-16-39(17-5-1)40-28-33-44(34-29-40)56(43-18-6-2-7-19-43)45-35-30-41(31-36-45)42-32-37-54-50(38-42)55(47-22-10-13-25-51(47)57-52-26-14-11-23-48(52)55)49-24-12-15-27-53(49)58(54)46-20-8-3-9-21-46/h1-38,58H. The Hall–Kier alpha value is -7.20. The zero-order valence-corrected chi connectivity index (χ0v) is 33.0. The quantitative estimate of drug-likeness (QED) is 0.157. The molecule has 0 saturated carbocycles. The minimum atomic E-state index is -1.88. The maximum absolute atomic E-state index is 6.71. The van der Waals surface area contributed by atoms with Gasteiger partial charge >= 0.3 is 0 Å². The molecule has 0 aliphatic carbocycles. The average molecular weight is 758 g/mol. The zero-order chi connectivity index (χ0) is 38.5. The first kappa shape index (κ1) is 34.1. The van der Waals surface area contributed by atoms with Crippen LogP contribution in [0.25, 0.3) is 22.3 Å². The summed E-state index contributed by atoms with van der Waals surface area (Å²) in [6, 6.07) is 84.2. The molecule has 0 fully saturated rings. The molecule has 0 bridgehead atoms. The second-order valence-electron chi connectivity index (χ2n) is 15.2. The molecule has 1 spiro atoms. The first-order chi connectivity index (χ1) is 28.8. The molecule has 0 N–H and O–H groups in total. The molecule has 11 rings (SSSR count). The molecule has 58 heavy (non-hydrogen) atoms. The van der Waals surface area contributed by atoms with Crippen molar-refractivity contribution in [2.75, 3.05) is 4.90 Å². The lowest BCUT2D eigenvalue weighted by atomic mass is 9.63. The van der Waals surface area contributed by atoms with Gasteiger partial charge in [-0.15, -0.1) is 0 Å². The number of nitrogens with zero attached hydrogens (tertiary/aromatic N) is 1. The molecule has 2 nitrogen and oxygen atoms in total. The van der Waals surface area contributed by atoms with Gasteiger partial charge in [0.05, 0.1) is 5.41 Å². The van der Waals surface area contributed by atoms with Crippen molar-refractivity contribution >= 4 is 41.4 Å². The first-order valence-electron chi connectivity index (χ1n) is 20.0. The van der Waals surface area contributed by atoms with Crippen LogP contribution in [-0.4, -0.2) is 8.80 Å². The largest absolute Gasteiger partial charge is 0.457 e. The van der Waals surface area contributed by atoms with Crippen LogP contribution in [0.2, 0.25) is 0 Å². The molecule has 2 heterocycles. The summed E-state index contributed by atoms with van der Waals surface area (Å²) in [4.78, 5) is 2.34. The highest BCUT2D eigenvalue weighted by molar-refractivity contribution is 6.96. The molecule has 2 aliphatic rings. The second kappa shape index (κ2) is 14.1. The van der Waals surface area contributed by atoms with Crippen LogP contribution in [0.1, 0.15) is 22.3 Å². The Labute approximate surface area is 341 Å². The van der Waals surface area contributed by atoms with Gasteiger partial charge in [-0.2, -0.15) is 0 Å². The van der Waals surface area contributed by atoms with Gasteiger partial charge in [0.1, 0.15) is 20.3 Å². The Balaban J connectivity index is 1.08. The van der Waals surface area contributed by atoms with Crippen molar-refractivity contribution < 1.29 is 4.74 Å². The molecule has 0 saturated heterocycles. The summed E-state index contributed by atoms with van der Waals surface area (Å²) >= 11 is 0. The molecule has 3 heteroatoms. The smallest absolute Gasteiger partial charge is 0.133 e. The van der Waals surface area contributed by atoms with Gasteiger partial charge < -0.3 is 9.64 Å². The van der Waals surface area contributed by atoms with Crippen LogP contribution in [-0.2, 0) is 5.41 Å². The Morgan fingerprint density at radius 2 is 0.759 bits per heavy atom. The normalized spacial score (nSPS) is 14.3. The summed E-state index contributed by atoms with van der Waals surface area (Å²) in [5, 5.41) is 4.34. The van der Waals surface area contributed by atoms with Crippen molar-refractivity contribution in [2.24, 2.45) is 0 Å². The molecule has 2 aliphatic heterocycles. The van der Waals surface area contributed by atoms with Gasteiger partial charge in [0.15, 0.2) is 0 Å². The van der Waals surface area contributed by atoms with Gasteiger partial charge in [-0.25, -0.2) is 0 Å². The van der Waals surface area contributed by atoms with E-state index in [1.54, 1.807) is 0 Å². The fraction of sp³-hybridized carbons (Fsp3) is 0.0182. The Bertz CT molecular complexity index is 2860. The van der Waals surface area contributed by atoms with Crippen molar-refractivity contribution in [3.05, 3.63) is 253 Å². The van der Waals surface area contributed by atoms with E-state index in [1.807, 2.05) is 0 Å². The van der Waals surface area contributed by atoms with Crippen molar-refractivity contribution in [1.29, 1.82) is 0 Å². The van der Waals surface area contributed by atoms with E-state index in [1.165, 1.54) is 60.1 Å². The predicted octanol–water partition coefficient (Wildman–Crippen LogP) is 11.5. The number of hydrogen-bond acceptors (Lipinski definition) is 2. The highest BCUT2D eigenvalue weighted by Crippen LogP contribution is 2.55. The fourth-order valence-corrected chi connectivity index (χ4v) is 13.0. The van der Waals surface area contributed by atoms with Crippen LogP contribution in [0.5, 0.6) is 11.5 Å². The van der Waals surface area contributed by atoms with Gasteiger partial charge in [0.2, 0.25) is 0 Å². The number of anilines is 3. The molecule has 1 unspecified atom stereocenters. The lowest BCUT2D eigenvalue weighted by Gasteiger charge is -2.47. The summed E-state index contributed by atoms with van der Waals surface area (Å²) in [7, 11) is -1.88. The Morgan fingerprint density at radius 1 is 0.328 bits per heavy atom. The van der Waals surface area contributed by atoms with Crippen molar-refractivity contribution in [3.63, 3.8) is 0 Å². The lowest BCUT2D eigenvalue weighted by molar-refractivity contribution is 0.435. The van der Waals surface area contributed by atoms with E-state index in [2.05, 4.69) is 235 Å². The molecule has 9 aromatic rings. The summed E-state index contributed by atoms with van der Waals surface area (Å²) in [6.07, 6.45) is 0. The van der Waals surface area contributed by atoms with Crippen molar-refractivity contribution in [2.45, 2.75) is 5.41 Å². The SMILES string of the molecule is c1ccc(-c2ccc(N(c3ccccc3)c3ccc(-c4ccc5c(c4)C4(c6ccccc6Oc6ccccc64)c4ccccc4[SiH]5c4ccccc4)cc3)cc2)cc1. The number of fused-ring (bicyclic) bond motifs is 8. The molecule has 0 amide bonds. The molecular formula is C55H39NOSi. The van der Waals surface area contributed by atoms with Crippen LogP contribution in [0.4, 0.5) is 17.1 Å². The van der Waals surface area contributed by atoms with Crippen LogP contribution >= 0.6 is 0 Å². The summed E-state index contributed by atoms with van der Waals surface area (Å²) in [5.74, 6) is 1.82. The summed E-state index contributed by atoms with van der Waals surface area (Å²) < 4.78 is 6.71. The molecule has 274 valence electrons. The van der Waals surface area contributed by atoms with Gasteiger partial charge in [-0.1, -0.05) is 181 Å². The average Bonchev–Trinajstić information content (AvgIpc) is 3.30. The maximum atomic E-state index is 6.71. The topological polar surface area (TPSA) is 12.5 Å². The van der Waals surface area contributed by atoms with Crippen LogP contribution in [0.3, 0.4) is 0 Å². The predicted molar refractivity (Wildman–Crippen MR) is 243 cm³/mol. The van der Waals surface area contributed by atoms with E-state index in [-0.39, 0.29) is 0 Å². The Kier molecular flexibility index (Phi) is 8.27. The van der Waals surface area contributed by atoms with Gasteiger partial charge in [-0.05, 0) is 98.4 Å². The number of rotatable bonds is 6. The Morgan fingerprint density at radius 3 is 1.38 bits per heavy atom. The van der Waals surface area contributed by atoms with Crippen molar-refractivity contribution in [3.8, 4) is 33.8 Å². The summed E-state index contributed by atoms with van der Waals surface area (Å²) in [5.41, 5.74) is 12.7. The number of hydrogen-bond donors (Lipinski definition) is 0. The van der Waals surface area contributed by atoms with E-state index >= 15 is 0 Å². The number of para-hydroxylation sites is 3. The van der Waals surface area contributed by atoms with Crippen molar-refractivity contribution in [1.82, 2.24) is 0 Å². The van der Waals surface area contributed by atoms with Crippen LogP contribution in [0, 0.1) is 0 Å². The minimum absolute atomic E-state index is 0.554. The van der Waals surface area contributed by atoms with Gasteiger partial charge in [-0.3, -0.25) is 0 Å². The van der Waals surface area contributed by atoms with Gasteiger partial charge in [0.25, 0.3) is 0 Å². The van der Waals surface area contributed by atoms with E-state index in [0.29, 0.717) is 0 Å². The zero-order valence-electron chi connectivity index (χ0n) is 31.9. The number of ether oxygens (including phenoxy) is 1.